The van der Waals surface area contributed by atoms with Crippen LogP contribution >= 0.6 is 0 Å². The molecule has 0 radical (unpaired) electrons. The first-order valence-corrected chi connectivity index (χ1v) is 6.00. The molecule has 100 valence electrons. The molecule has 0 saturated carbocycles. The van der Waals surface area contributed by atoms with Crippen molar-refractivity contribution in [3.8, 4) is 0 Å². The van der Waals surface area contributed by atoms with Gasteiger partial charge in [-0.15, -0.1) is 0 Å². The van der Waals surface area contributed by atoms with E-state index in [2.05, 4.69) is 25.9 Å². The van der Waals surface area contributed by atoms with E-state index >= 15 is 0 Å². The predicted octanol–water partition coefficient (Wildman–Crippen LogP) is 1.07. The third kappa shape index (κ3) is 3.87. The van der Waals surface area contributed by atoms with Crippen molar-refractivity contribution >= 4 is 17.5 Å². The van der Waals surface area contributed by atoms with Gasteiger partial charge >= 0.3 is 0 Å². The number of hydrogen-bond acceptors (Lipinski definition) is 5. The number of aromatic nitrogens is 2. The van der Waals surface area contributed by atoms with Crippen LogP contribution in [0.25, 0.3) is 0 Å². The Kier molecular flexibility index (Phi) is 4.88. The molecule has 0 fully saturated rings. The second-order valence-corrected chi connectivity index (χ2v) is 4.42. The molecule has 18 heavy (non-hydrogen) atoms. The Morgan fingerprint density at radius 2 is 1.83 bits per heavy atom. The molecule has 0 unspecified atom stereocenters. The summed E-state index contributed by atoms with van der Waals surface area (Å²) in [5, 5.41) is 8.85. The van der Waals surface area contributed by atoms with Crippen molar-refractivity contribution in [3.63, 3.8) is 0 Å². The van der Waals surface area contributed by atoms with E-state index < -0.39 is 0 Å². The zero-order chi connectivity index (χ0) is 13.7. The summed E-state index contributed by atoms with van der Waals surface area (Å²) in [7, 11) is 1.81. The van der Waals surface area contributed by atoms with E-state index in [1.165, 1.54) is 0 Å². The fourth-order valence-corrected chi connectivity index (χ4v) is 1.58. The van der Waals surface area contributed by atoms with Gasteiger partial charge in [-0.05, 0) is 27.7 Å². The number of hydrogen-bond donors (Lipinski definition) is 3. The molecule has 1 rings (SSSR count). The number of anilines is 2. The summed E-state index contributed by atoms with van der Waals surface area (Å²) < 4.78 is 0. The highest BCUT2D eigenvalue weighted by molar-refractivity contribution is 5.81. The number of nitrogens with one attached hydrogen (secondary N) is 3. The number of amides is 1. The molecule has 1 amide bonds. The highest BCUT2D eigenvalue weighted by atomic mass is 16.1. The van der Waals surface area contributed by atoms with Crippen LogP contribution in [0.4, 0.5) is 11.6 Å². The lowest BCUT2D eigenvalue weighted by Crippen LogP contribution is -2.35. The van der Waals surface area contributed by atoms with Crippen LogP contribution in [0.1, 0.15) is 25.2 Å². The first kappa shape index (κ1) is 14.2. The smallest absolute Gasteiger partial charge is 0.239 e. The van der Waals surface area contributed by atoms with Crippen LogP contribution in [0.5, 0.6) is 0 Å². The maximum Gasteiger partial charge on any atom is 0.239 e. The Morgan fingerprint density at radius 1 is 1.22 bits per heavy atom. The SMILES string of the molecule is CNc1nc(C)nc(NCC(=O)NC(C)C)c1C. The van der Waals surface area contributed by atoms with Crippen LogP contribution in [0.15, 0.2) is 0 Å². The van der Waals surface area contributed by atoms with Crippen molar-refractivity contribution in [2.24, 2.45) is 0 Å². The van der Waals surface area contributed by atoms with Gasteiger partial charge in [0.1, 0.15) is 17.5 Å². The average Bonchev–Trinajstić information content (AvgIpc) is 2.28. The van der Waals surface area contributed by atoms with E-state index in [9.17, 15) is 4.79 Å². The summed E-state index contributed by atoms with van der Waals surface area (Å²) >= 11 is 0. The lowest BCUT2D eigenvalue weighted by Gasteiger charge is -2.13. The van der Waals surface area contributed by atoms with Crippen LogP contribution in [0, 0.1) is 13.8 Å². The zero-order valence-corrected chi connectivity index (χ0v) is 11.6. The molecule has 6 nitrogen and oxygen atoms in total. The molecule has 0 atom stereocenters. The van der Waals surface area contributed by atoms with Crippen molar-refractivity contribution in [2.45, 2.75) is 33.7 Å². The van der Waals surface area contributed by atoms with E-state index in [0.29, 0.717) is 11.6 Å². The number of carbonyl (C=O) groups is 1. The highest BCUT2D eigenvalue weighted by Crippen LogP contribution is 2.18. The summed E-state index contributed by atoms with van der Waals surface area (Å²) in [6, 6.07) is 0.139. The lowest BCUT2D eigenvalue weighted by molar-refractivity contribution is -0.119. The molecule has 3 N–H and O–H groups in total. The minimum Gasteiger partial charge on any atom is -0.373 e. The number of rotatable bonds is 5. The Hall–Kier alpha value is -1.85. The largest absolute Gasteiger partial charge is 0.373 e. The highest BCUT2D eigenvalue weighted by Gasteiger charge is 2.09. The maximum absolute atomic E-state index is 11.5. The topological polar surface area (TPSA) is 78.9 Å². The van der Waals surface area contributed by atoms with E-state index in [-0.39, 0.29) is 18.5 Å². The third-order valence-corrected chi connectivity index (χ3v) is 2.36. The summed E-state index contributed by atoms with van der Waals surface area (Å²) in [6.07, 6.45) is 0. The van der Waals surface area contributed by atoms with Crippen molar-refractivity contribution < 1.29 is 4.79 Å². The van der Waals surface area contributed by atoms with Crippen LogP contribution in [0.2, 0.25) is 0 Å². The first-order valence-electron chi connectivity index (χ1n) is 6.00. The van der Waals surface area contributed by atoms with Gasteiger partial charge in [-0.3, -0.25) is 4.79 Å². The number of nitrogens with zero attached hydrogens (tertiary/aromatic N) is 2. The summed E-state index contributed by atoms with van der Waals surface area (Å²) in [5.41, 5.74) is 0.903. The van der Waals surface area contributed by atoms with Gasteiger partial charge in [0.2, 0.25) is 5.91 Å². The molecule has 0 bridgehead atoms. The van der Waals surface area contributed by atoms with Gasteiger partial charge in [0.15, 0.2) is 0 Å². The van der Waals surface area contributed by atoms with E-state index in [0.717, 1.165) is 11.4 Å². The minimum absolute atomic E-state index is 0.0494. The predicted molar refractivity (Wildman–Crippen MR) is 72.8 cm³/mol. The second kappa shape index (κ2) is 6.18. The summed E-state index contributed by atoms with van der Waals surface area (Å²) in [5.74, 6) is 2.07. The minimum atomic E-state index is -0.0494. The van der Waals surface area contributed by atoms with Gasteiger partial charge in [0.25, 0.3) is 0 Å². The molecule has 0 spiro atoms. The van der Waals surface area contributed by atoms with Crippen molar-refractivity contribution in [2.75, 3.05) is 24.2 Å². The molecule has 0 saturated heterocycles. The normalized spacial score (nSPS) is 10.3. The quantitative estimate of drug-likeness (QED) is 0.729. The standard InChI is InChI=1S/C12H21N5O/c1-7(2)15-10(18)6-14-12-8(3)11(13-5)16-9(4)17-12/h7H,6H2,1-5H3,(H,15,18)(H2,13,14,16,17). The molecule has 0 aliphatic carbocycles. The number of carbonyl (C=O) groups excluding carboxylic acids is 1. The Balaban J connectivity index is 2.73. The van der Waals surface area contributed by atoms with Gasteiger partial charge in [-0.2, -0.15) is 0 Å². The molecule has 0 aliphatic rings. The maximum atomic E-state index is 11.5. The van der Waals surface area contributed by atoms with Gasteiger partial charge in [-0.1, -0.05) is 0 Å². The monoisotopic (exact) mass is 251 g/mol. The molecule has 1 aromatic rings. The van der Waals surface area contributed by atoms with Crippen LogP contribution < -0.4 is 16.0 Å². The van der Waals surface area contributed by atoms with Crippen LogP contribution in [-0.2, 0) is 4.79 Å². The molecule has 1 aromatic heterocycles. The zero-order valence-electron chi connectivity index (χ0n) is 11.6. The fraction of sp³-hybridized carbons (Fsp3) is 0.583. The van der Waals surface area contributed by atoms with Crippen LogP contribution in [-0.4, -0.2) is 35.5 Å². The fourth-order valence-electron chi connectivity index (χ4n) is 1.58. The Bertz CT molecular complexity index is 431. The number of aryl methyl sites for hydroxylation is 1. The van der Waals surface area contributed by atoms with Crippen molar-refractivity contribution in [1.29, 1.82) is 0 Å². The molecule has 1 heterocycles. The van der Waals surface area contributed by atoms with E-state index in [1.54, 1.807) is 0 Å². The molecular weight excluding hydrogens is 230 g/mol. The Labute approximate surface area is 108 Å². The van der Waals surface area contributed by atoms with Crippen molar-refractivity contribution in [1.82, 2.24) is 15.3 Å². The Morgan fingerprint density at radius 3 is 2.39 bits per heavy atom. The summed E-state index contributed by atoms with van der Waals surface area (Å²) in [4.78, 5) is 20.1. The van der Waals surface area contributed by atoms with E-state index in [4.69, 9.17) is 0 Å². The average molecular weight is 251 g/mol. The molecule has 0 aromatic carbocycles. The molecular formula is C12H21N5O. The van der Waals surface area contributed by atoms with Crippen LogP contribution in [0.3, 0.4) is 0 Å². The van der Waals surface area contributed by atoms with Gasteiger partial charge < -0.3 is 16.0 Å². The molecule has 6 heteroatoms. The van der Waals surface area contributed by atoms with Gasteiger partial charge in [0.05, 0.1) is 6.54 Å². The summed E-state index contributed by atoms with van der Waals surface area (Å²) in [6.45, 7) is 7.79. The van der Waals surface area contributed by atoms with Gasteiger partial charge in [-0.25, -0.2) is 9.97 Å². The lowest BCUT2D eigenvalue weighted by atomic mass is 10.3. The molecule has 0 aliphatic heterocycles. The third-order valence-electron chi connectivity index (χ3n) is 2.36. The second-order valence-electron chi connectivity index (χ2n) is 4.42. The first-order chi connectivity index (χ1) is 8.43. The van der Waals surface area contributed by atoms with Gasteiger partial charge in [0, 0.05) is 18.7 Å². The van der Waals surface area contributed by atoms with E-state index in [1.807, 2.05) is 34.7 Å². The van der Waals surface area contributed by atoms with Crippen molar-refractivity contribution in [3.05, 3.63) is 11.4 Å².